The van der Waals surface area contributed by atoms with Gasteiger partial charge in [0.2, 0.25) is 0 Å². The Balaban J connectivity index is 1.37. The second-order valence-electron chi connectivity index (χ2n) is 6.62. The van der Waals surface area contributed by atoms with Gasteiger partial charge < -0.3 is 10.2 Å². The van der Waals surface area contributed by atoms with Gasteiger partial charge in [-0.3, -0.25) is 4.79 Å². The van der Waals surface area contributed by atoms with Crippen LogP contribution in [-0.4, -0.2) is 39.9 Å². The van der Waals surface area contributed by atoms with Crippen LogP contribution in [0.25, 0.3) is 0 Å². The van der Waals surface area contributed by atoms with Crippen LogP contribution in [0.15, 0.2) is 18.5 Å². The summed E-state index contributed by atoms with van der Waals surface area (Å²) < 4.78 is 0. The fraction of sp³-hybridized carbons (Fsp3) is 0.500. The van der Waals surface area contributed by atoms with Crippen LogP contribution in [0.2, 0.25) is 0 Å². The van der Waals surface area contributed by atoms with Gasteiger partial charge in [0.15, 0.2) is 0 Å². The van der Waals surface area contributed by atoms with Crippen LogP contribution in [0.1, 0.15) is 45.1 Å². The van der Waals surface area contributed by atoms with Crippen molar-refractivity contribution in [2.45, 2.75) is 45.1 Å². The number of likely N-dealkylation sites (tertiary alicyclic amines) is 1. The minimum atomic E-state index is 0.175. The summed E-state index contributed by atoms with van der Waals surface area (Å²) in [5.74, 6) is 1.19. The smallest absolute Gasteiger partial charge is 0.263 e. The van der Waals surface area contributed by atoms with Crippen molar-refractivity contribution >= 4 is 23.1 Å². The number of fused-ring (bicyclic) bond motifs is 1. The number of carbonyl (C=O) groups excluding carboxylic acids is 1. The Hall–Kier alpha value is -1.95. The van der Waals surface area contributed by atoms with Crippen LogP contribution in [0.5, 0.6) is 0 Å². The van der Waals surface area contributed by atoms with Crippen LogP contribution in [0.4, 0.5) is 5.82 Å². The van der Waals surface area contributed by atoms with E-state index in [-0.39, 0.29) is 5.91 Å². The normalized spacial score (nSPS) is 17.8. The number of hydrogen-bond acceptors (Lipinski definition) is 5. The number of piperidine rings is 1. The summed E-state index contributed by atoms with van der Waals surface area (Å²) in [6, 6.07) is 4.34. The molecule has 2 aromatic rings. The minimum Gasteiger partial charge on any atom is -0.367 e. The first-order chi connectivity index (χ1) is 11.7. The largest absolute Gasteiger partial charge is 0.367 e. The number of aromatic nitrogens is 2. The zero-order chi connectivity index (χ0) is 16.5. The van der Waals surface area contributed by atoms with Gasteiger partial charge in [-0.25, -0.2) is 9.97 Å². The van der Waals surface area contributed by atoms with E-state index in [1.165, 1.54) is 22.6 Å². The monoisotopic (exact) mass is 342 g/mol. The number of nitrogens with zero attached hydrogens (tertiary/aromatic N) is 3. The molecule has 1 saturated heterocycles. The summed E-state index contributed by atoms with van der Waals surface area (Å²) in [4.78, 5) is 25.4. The zero-order valence-corrected chi connectivity index (χ0v) is 14.7. The van der Waals surface area contributed by atoms with Crippen molar-refractivity contribution in [2.75, 3.05) is 18.4 Å². The van der Waals surface area contributed by atoms with Gasteiger partial charge >= 0.3 is 0 Å². The SMILES string of the molecule is Cc1ccc(C(=O)N2CCC(Nc3ncnc4c3CCC4)CC2)s1. The number of amides is 1. The first-order valence-electron chi connectivity index (χ1n) is 8.66. The molecule has 6 heteroatoms. The third-order valence-electron chi connectivity index (χ3n) is 4.95. The highest BCUT2D eigenvalue weighted by Gasteiger charge is 2.26. The average Bonchev–Trinajstić information content (AvgIpc) is 3.24. The van der Waals surface area contributed by atoms with Crippen molar-refractivity contribution in [3.63, 3.8) is 0 Å². The molecule has 0 spiro atoms. The predicted molar refractivity (Wildman–Crippen MR) is 95.7 cm³/mol. The second-order valence-corrected chi connectivity index (χ2v) is 7.91. The lowest BCUT2D eigenvalue weighted by atomic mass is 10.0. The van der Waals surface area contributed by atoms with E-state index in [2.05, 4.69) is 15.3 Å². The molecule has 1 amide bonds. The summed E-state index contributed by atoms with van der Waals surface area (Å²) in [7, 11) is 0. The van der Waals surface area contributed by atoms with Gasteiger partial charge in [0.05, 0.1) is 4.88 Å². The van der Waals surface area contributed by atoms with Crippen molar-refractivity contribution in [2.24, 2.45) is 0 Å². The Kier molecular flexibility index (Phi) is 4.22. The molecule has 3 heterocycles. The maximum atomic E-state index is 12.5. The van der Waals surface area contributed by atoms with Gasteiger partial charge in [0.25, 0.3) is 5.91 Å². The van der Waals surface area contributed by atoms with Crippen LogP contribution in [0.3, 0.4) is 0 Å². The summed E-state index contributed by atoms with van der Waals surface area (Å²) >= 11 is 1.58. The van der Waals surface area contributed by atoms with Crippen LogP contribution < -0.4 is 5.32 Å². The predicted octanol–water partition coefficient (Wildman–Crippen LogP) is 3.05. The van der Waals surface area contributed by atoms with E-state index in [1.807, 2.05) is 24.0 Å². The first-order valence-corrected chi connectivity index (χ1v) is 9.47. The molecule has 24 heavy (non-hydrogen) atoms. The number of anilines is 1. The van der Waals surface area contributed by atoms with Gasteiger partial charge in [-0.2, -0.15) is 0 Å². The molecule has 1 aliphatic heterocycles. The Morgan fingerprint density at radius 2 is 2.08 bits per heavy atom. The van der Waals surface area contributed by atoms with E-state index in [4.69, 9.17) is 0 Å². The molecule has 4 rings (SSSR count). The van der Waals surface area contributed by atoms with E-state index in [9.17, 15) is 4.79 Å². The fourth-order valence-corrected chi connectivity index (χ4v) is 4.44. The average molecular weight is 342 g/mol. The number of nitrogens with one attached hydrogen (secondary N) is 1. The highest BCUT2D eigenvalue weighted by Crippen LogP contribution is 2.27. The molecule has 5 nitrogen and oxygen atoms in total. The number of carbonyl (C=O) groups is 1. The van der Waals surface area contributed by atoms with Crippen LogP contribution >= 0.6 is 11.3 Å². The lowest BCUT2D eigenvalue weighted by Gasteiger charge is -2.32. The van der Waals surface area contributed by atoms with Crippen LogP contribution in [0, 0.1) is 6.92 Å². The molecule has 0 aromatic carbocycles. The summed E-state index contributed by atoms with van der Waals surface area (Å²) in [6.45, 7) is 3.65. The van der Waals surface area contributed by atoms with E-state index in [0.717, 1.165) is 49.5 Å². The van der Waals surface area contributed by atoms with Gasteiger partial charge in [-0.05, 0) is 51.2 Å². The van der Waals surface area contributed by atoms with Crippen molar-refractivity contribution in [1.29, 1.82) is 0 Å². The van der Waals surface area contributed by atoms with E-state index < -0.39 is 0 Å². The molecule has 0 bridgehead atoms. The minimum absolute atomic E-state index is 0.175. The van der Waals surface area contributed by atoms with Crippen molar-refractivity contribution in [1.82, 2.24) is 14.9 Å². The van der Waals surface area contributed by atoms with E-state index >= 15 is 0 Å². The molecule has 2 aliphatic rings. The number of hydrogen-bond donors (Lipinski definition) is 1. The van der Waals surface area contributed by atoms with Gasteiger partial charge in [-0.1, -0.05) is 0 Å². The fourth-order valence-electron chi connectivity index (χ4n) is 3.61. The molecule has 1 N–H and O–H groups in total. The molecule has 0 atom stereocenters. The number of aryl methyl sites for hydroxylation is 2. The van der Waals surface area contributed by atoms with E-state index in [0.29, 0.717) is 6.04 Å². The van der Waals surface area contributed by atoms with Crippen molar-refractivity contribution in [3.8, 4) is 0 Å². The Morgan fingerprint density at radius 3 is 2.83 bits per heavy atom. The molecule has 0 radical (unpaired) electrons. The van der Waals surface area contributed by atoms with Crippen molar-refractivity contribution in [3.05, 3.63) is 39.5 Å². The Bertz CT molecular complexity index is 749. The standard InChI is InChI=1S/C18H22N4OS/c1-12-5-6-16(24-12)18(23)22-9-7-13(8-10-22)21-17-14-3-2-4-15(14)19-11-20-17/h5-6,11,13H,2-4,7-10H2,1H3,(H,19,20,21). The topological polar surface area (TPSA) is 58.1 Å². The van der Waals surface area contributed by atoms with Gasteiger partial charge in [-0.15, -0.1) is 11.3 Å². The molecule has 126 valence electrons. The zero-order valence-electron chi connectivity index (χ0n) is 13.9. The third-order valence-corrected chi connectivity index (χ3v) is 5.94. The highest BCUT2D eigenvalue weighted by atomic mass is 32.1. The molecule has 1 fully saturated rings. The van der Waals surface area contributed by atoms with Crippen molar-refractivity contribution < 1.29 is 4.79 Å². The second kappa shape index (κ2) is 6.51. The highest BCUT2D eigenvalue weighted by molar-refractivity contribution is 7.13. The molecular weight excluding hydrogens is 320 g/mol. The lowest BCUT2D eigenvalue weighted by molar-refractivity contribution is 0.0723. The Labute approximate surface area is 146 Å². The lowest BCUT2D eigenvalue weighted by Crippen LogP contribution is -2.42. The van der Waals surface area contributed by atoms with Gasteiger partial charge in [0, 0.05) is 35.3 Å². The summed E-state index contributed by atoms with van der Waals surface area (Å²) in [5, 5.41) is 3.60. The molecule has 0 unspecified atom stereocenters. The molecule has 2 aromatic heterocycles. The van der Waals surface area contributed by atoms with Crippen LogP contribution in [-0.2, 0) is 12.8 Å². The van der Waals surface area contributed by atoms with Gasteiger partial charge in [0.1, 0.15) is 12.1 Å². The first kappa shape index (κ1) is 15.6. The maximum Gasteiger partial charge on any atom is 0.263 e. The molecule has 0 saturated carbocycles. The third kappa shape index (κ3) is 3.02. The molecular formula is C18H22N4OS. The summed E-state index contributed by atoms with van der Waals surface area (Å²) in [5.41, 5.74) is 2.50. The summed E-state index contributed by atoms with van der Waals surface area (Å²) in [6.07, 6.45) is 6.93. The number of thiophene rings is 1. The maximum absolute atomic E-state index is 12.5. The van der Waals surface area contributed by atoms with E-state index in [1.54, 1.807) is 17.7 Å². The number of rotatable bonds is 3. The Morgan fingerprint density at radius 1 is 1.25 bits per heavy atom. The quantitative estimate of drug-likeness (QED) is 0.931. The molecule has 1 aliphatic carbocycles.